The first-order valence-electron chi connectivity index (χ1n) is 8.29. The molecule has 0 unspecified atom stereocenters. The van der Waals surface area contributed by atoms with Crippen LogP contribution in [0.25, 0.3) is 17.3 Å². The summed E-state index contributed by atoms with van der Waals surface area (Å²) in [7, 11) is 0. The van der Waals surface area contributed by atoms with Gasteiger partial charge < -0.3 is 10.1 Å². The number of aromatic nitrogens is 3. The van der Waals surface area contributed by atoms with Crippen molar-refractivity contribution >= 4 is 23.5 Å². The van der Waals surface area contributed by atoms with Gasteiger partial charge in [-0.05, 0) is 30.4 Å². The van der Waals surface area contributed by atoms with E-state index in [9.17, 15) is 0 Å². The molecule has 26 heavy (non-hydrogen) atoms. The molecular formula is C20H18N4OS. The predicted molar refractivity (Wildman–Crippen MR) is 105 cm³/mol. The highest BCUT2D eigenvalue weighted by Gasteiger charge is 2.25. The lowest BCUT2D eigenvalue weighted by molar-refractivity contribution is 0.255. The van der Waals surface area contributed by atoms with Gasteiger partial charge in [-0.2, -0.15) is 4.98 Å². The van der Waals surface area contributed by atoms with Crippen molar-refractivity contribution in [2.24, 2.45) is 0 Å². The fourth-order valence-corrected chi connectivity index (χ4v) is 3.12. The van der Waals surface area contributed by atoms with E-state index in [4.69, 9.17) is 4.74 Å². The summed E-state index contributed by atoms with van der Waals surface area (Å²) in [5, 5.41) is 12.6. The minimum Gasteiger partial charge on any atom is -0.448 e. The molecule has 4 rings (SSSR count). The highest BCUT2D eigenvalue weighted by atomic mass is 32.2. The summed E-state index contributed by atoms with van der Waals surface area (Å²) in [6.07, 6.45) is 3.68. The molecule has 0 amide bonds. The van der Waals surface area contributed by atoms with Crippen molar-refractivity contribution < 1.29 is 4.74 Å². The number of benzene rings is 2. The molecule has 5 nitrogen and oxygen atoms in total. The number of fused-ring (bicyclic) bond motifs is 3. The van der Waals surface area contributed by atoms with Gasteiger partial charge in [0.2, 0.25) is 11.0 Å². The Hall–Kier alpha value is -2.86. The second-order valence-electron chi connectivity index (χ2n) is 5.94. The van der Waals surface area contributed by atoms with Crippen LogP contribution in [0, 0.1) is 0 Å². The Morgan fingerprint density at radius 3 is 2.65 bits per heavy atom. The summed E-state index contributed by atoms with van der Waals surface area (Å²) in [5.41, 5.74) is 4.71. The van der Waals surface area contributed by atoms with Crippen LogP contribution in [0.3, 0.4) is 0 Å². The Labute approximate surface area is 156 Å². The molecule has 2 heterocycles. The number of thioether (sulfide) groups is 1. The molecule has 0 spiro atoms. The van der Waals surface area contributed by atoms with Crippen molar-refractivity contribution in [3.63, 3.8) is 0 Å². The maximum atomic E-state index is 6.21. The number of hydrogen-bond donors (Lipinski definition) is 1. The Kier molecular flexibility index (Phi) is 4.58. The van der Waals surface area contributed by atoms with E-state index < -0.39 is 0 Å². The standard InChI is InChI=1S/C20H18N4OS/c1-13(12-14-8-4-3-5-9-14)18-21-16-11-7-6-10-15(16)17-19(25-18)22-20(26-2)24-23-17/h3-12,18,21H,1-2H3/b13-12-/t18-/m1/s1. The van der Waals surface area contributed by atoms with Gasteiger partial charge >= 0.3 is 0 Å². The third-order valence-corrected chi connectivity index (χ3v) is 4.66. The van der Waals surface area contributed by atoms with Crippen LogP contribution >= 0.6 is 11.8 Å². The number of para-hydroxylation sites is 1. The summed E-state index contributed by atoms with van der Waals surface area (Å²) in [6.45, 7) is 2.04. The van der Waals surface area contributed by atoms with Crippen LogP contribution in [0.1, 0.15) is 12.5 Å². The zero-order valence-electron chi connectivity index (χ0n) is 14.5. The number of hydrogen-bond acceptors (Lipinski definition) is 6. The van der Waals surface area contributed by atoms with E-state index in [1.807, 2.05) is 55.6 Å². The fraction of sp³-hybridized carbons (Fsp3) is 0.150. The van der Waals surface area contributed by atoms with Crippen molar-refractivity contribution in [1.82, 2.24) is 15.2 Å². The summed E-state index contributed by atoms with van der Waals surface area (Å²) >= 11 is 1.44. The maximum Gasteiger partial charge on any atom is 0.247 e. The van der Waals surface area contributed by atoms with Gasteiger partial charge in [-0.25, -0.2) is 0 Å². The first kappa shape index (κ1) is 16.6. The van der Waals surface area contributed by atoms with Crippen molar-refractivity contribution in [2.75, 3.05) is 11.6 Å². The summed E-state index contributed by atoms with van der Waals surface area (Å²) < 4.78 is 6.21. The Balaban J connectivity index is 1.78. The van der Waals surface area contributed by atoms with E-state index >= 15 is 0 Å². The van der Waals surface area contributed by atoms with E-state index in [0.717, 1.165) is 22.4 Å². The van der Waals surface area contributed by atoms with Gasteiger partial charge in [0.1, 0.15) is 0 Å². The number of nitrogens with zero attached hydrogens (tertiary/aromatic N) is 3. The second kappa shape index (κ2) is 7.17. The minimum atomic E-state index is -0.344. The fourth-order valence-electron chi connectivity index (χ4n) is 2.83. The Bertz CT molecular complexity index is 959. The molecule has 3 aromatic rings. The third kappa shape index (κ3) is 3.28. The molecule has 1 aliphatic rings. The summed E-state index contributed by atoms with van der Waals surface area (Å²) in [4.78, 5) is 4.53. The molecule has 0 saturated carbocycles. The Morgan fingerprint density at radius 1 is 1.08 bits per heavy atom. The summed E-state index contributed by atoms with van der Waals surface area (Å²) in [6, 6.07) is 18.2. The van der Waals surface area contributed by atoms with E-state index in [0.29, 0.717) is 16.7 Å². The van der Waals surface area contributed by atoms with Crippen LogP contribution in [0.4, 0.5) is 5.69 Å². The van der Waals surface area contributed by atoms with Crippen molar-refractivity contribution in [1.29, 1.82) is 0 Å². The SMILES string of the molecule is CSc1nnc2c(n1)O[C@H](/C(C)=C\c1ccccc1)Nc1ccccc1-2. The molecule has 1 N–H and O–H groups in total. The molecular weight excluding hydrogens is 344 g/mol. The first-order chi connectivity index (χ1) is 12.7. The van der Waals surface area contributed by atoms with Gasteiger partial charge in [0, 0.05) is 11.3 Å². The van der Waals surface area contributed by atoms with Crippen molar-refractivity contribution in [3.05, 3.63) is 65.7 Å². The van der Waals surface area contributed by atoms with Gasteiger partial charge in [0.15, 0.2) is 11.9 Å². The van der Waals surface area contributed by atoms with Crippen LogP contribution < -0.4 is 10.1 Å². The van der Waals surface area contributed by atoms with Crippen LogP contribution in [-0.2, 0) is 0 Å². The second-order valence-corrected chi connectivity index (χ2v) is 6.71. The predicted octanol–water partition coefficient (Wildman–Crippen LogP) is 4.49. The molecule has 0 fully saturated rings. The van der Waals surface area contributed by atoms with Crippen LogP contribution in [0.5, 0.6) is 5.88 Å². The zero-order chi connectivity index (χ0) is 17.9. The van der Waals surface area contributed by atoms with Gasteiger partial charge in [-0.1, -0.05) is 66.4 Å². The molecule has 1 aromatic heterocycles. The highest BCUT2D eigenvalue weighted by molar-refractivity contribution is 7.98. The third-order valence-electron chi connectivity index (χ3n) is 4.12. The minimum absolute atomic E-state index is 0.344. The van der Waals surface area contributed by atoms with Gasteiger partial charge in [0.05, 0.1) is 0 Å². The lowest BCUT2D eigenvalue weighted by atomic mass is 10.1. The molecule has 0 bridgehead atoms. The monoisotopic (exact) mass is 362 g/mol. The van der Waals surface area contributed by atoms with Gasteiger partial charge in [-0.3, -0.25) is 0 Å². The molecule has 1 atom stereocenters. The quantitative estimate of drug-likeness (QED) is 0.693. The van der Waals surface area contributed by atoms with Crippen molar-refractivity contribution in [3.8, 4) is 17.1 Å². The molecule has 1 aliphatic heterocycles. The van der Waals surface area contributed by atoms with Gasteiger partial charge in [-0.15, -0.1) is 10.2 Å². The van der Waals surface area contributed by atoms with Crippen LogP contribution in [0.2, 0.25) is 0 Å². The average Bonchev–Trinajstić information content (AvgIpc) is 2.85. The topological polar surface area (TPSA) is 59.9 Å². The van der Waals surface area contributed by atoms with Gasteiger partial charge in [0.25, 0.3) is 0 Å². The first-order valence-corrected chi connectivity index (χ1v) is 9.51. The van der Waals surface area contributed by atoms with Crippen LogP contribution in [-0.4, -0.2) is 27.7 Å². The maximum absolute atomic E-state index is 6.21. The number of anilines is 1. The molecule has 6 heteroatoms. The highest BCUT2D eigenvalue weighted by Crippen LogP contribution is 2.37. The number of ether oxygens (including phenoxy) is 1. The molecule has 0 radical (unpaired) electrons. The van der Waals surface area contributed by atoms with E-state index in [-0.39, 0.29) is 6.23 Å². The lowest BCUT2D eigenvalue weighted by Gasteiger charge is -2.19. The number of rotatable bonds is 3. The van der Waals surface area contributed by atoms with E-state index in [1.165, 1.54) is 11.8 Å². The smallest absolute Gasteiger partial charge is 0.247 e. The molecule has 2 aromatic carbocycles. The van der Waals surface area contributed by atoms with E-state index in [2.05, 4.69) is 38.7 Å². The van der Waals surface area contributed by atoms with Crippen LogP contribution in [0.15, 0.2) is 65.3 Å². The lowest BCUT2D eigenvalue weighted by Crippen LogP contribution is -2.27. The summed E-state index contributed by atoms with van der Waals surface area (Å²) in [5.74, 6) is 0.493. The van der Waals surface area contributed by atoms with Crippen molar-refractivity contribution in [2.45, 2.75) is 18.3 Å². The van der Waals surface area contributed by atoms with E-state index in [1.54, 1.807) is 0 Å². The molecule has 0 saturated heterocycles. The normalized spacial score (nSPS) is 15.9. The Morgan fingerprint density at radius 2 is 1.85 bits per heavy atom. The zero-order valence-corrected chi connectivity index (χ0v) is 15.3. The largest absolute Gasteiger partial charge is 0.448 e. The molecule has 130 valence electrons. The molecule has 0 aliphatic carbocycles. The number of nitrogens with one attached hydrogen (secondary N) is 1. The average molecular weight is 362 g/mol.